The summed E-state index contributed by atoms with van der Waals surface area (Å²) in [7, 11) is 1.54. The normalized spacial score (nSPS) is 10.0. The van der Waals surface area contributed by atoms with Crippen molar-refractivity contribution < 1.29 is 9.59 Å². The number of amides is 2. The first-order valence-corrected chi connectivity index (χ1v) is 6.85. The standard InChI is InChI=1S/C15H12Cl2N2O2/c1-18-14(20)9-3-2-4-11(7-9)19-15(21)12-6-5-10(16)8-13(12)17/h2-8H,1H3,(H,18,20)(H,19,21). The van der Waals surface area contributed by atoms with Crippen molar-refractivity contribution >= 4 is 40.7 Å². The van der Waals surface area contributed by atoms with Crippen LogP contribution in [0.2, 0.25) is 10.0 Å². The van der Waals surface area contributed by atoms with Crippen LogP contribution in [0.15, 0.2) is 42.5 Å². The third kappa shape index (κ3) is 3.74. The zero-order valence-electron chi connectivity index (χ0n) is 11.1. The smallest absolute Gasteiger partial charge is 0.257 e. The van der Waals surface area contributed by atoms with Gasteiger partial charge in [0, 0.05) is 23.3 Å². The van der Waals surface area contributed by atoms with E-state index < -0.39 is 0 Å². The molecule has 0 aliphatic heterocycles. The van der Waals surface area contributed by atoms with Crippen LogP contribution in [0, 0.1) is 0 Å². The molecule has 0 aliphatic carbocycles. The lowest BCUT2D eigenvalue weighted by molar-refractivity contribution is 0.0961. The maximum Gasteiger partial charge on any atom is 0.257 e. The third-order valence-electron chi connectivity index (χ3n) is 2.79. The van der Waals surface area contributed by atoms with Crippen LogP contribution in [0.4, 0.5) is 5.69 Å². The first kappa shape index (κ1) is 15.4. The van der Waals surface area contributed by atoms with E-state index in [9.17, 15) is 9.59 Å². The topological polar surface area (TPSA) is 58.2 Å². The van der Waals surface area contributed by atoms with Gasteiger partial charge in [-0.1, -0.05) is 29.3 Å². The molecular formula is C15H12Cl2N2O2. The third-order valence-corrected chi connectivity index (χ3v) is 3.33. The number of rotatable bonds is 3. The average molecular weight is 323 g/mol. The molecule has 0 saturated heterocycles. The fraction of sp³-hybridized carbons (Fsp3) is 0.0667. The van der Waals surface area contributed by atoms with Crippen LogP contribution in [0.5, 0.6) is 0 Å². The van der Waals surface area contributed by atoms with Crippen molar-refractivity contribution in [3.05, 3.63) is 63.6 Å². The van der Waals surface area contributed by atoms with Gasteiger partial charge in [-0.3, -0.25) is 9.59 Å². The Balaban J connectivity index is 2.21. The second-order valence-electron chi connectivity index (χ2n) is 4.24. The number of hydrogen-bond acceptors (Lipinski definition) is 2. The van der Waals surface area contributed by atoms with Gasteiger partial charge >= 0.3 is 0 Å². The molecule has 0 spiro atoms. The van der Waals surface area contributed by atoms with Gasteiger partial charge in [-0.2, -0.15) is 0 Å². The second-order valence-corrected chi connectivity index (χ2v) is 5.08. The van der Waals surface area contributed by atoms with E-state index in [1.165, 1.54) is 6.07 Å². The molecule has 0 heterocycles. The van der Waals surface area contributed by atoms with Crippen LogP contribution >= 0.6 is 23.2 Å². The molecule has 0 unspecified atom stereocenters. The van der Waals surface area contributed by atoms with E-state index in [0.29, 0.717) is 21.8 Å². The van der Waals surface area contributed by atoms with Gasteiger partial charge in [-0.15, -0.1) is 0 Å². The number of carbonyl (C=O) groups excluding carboxylic acids is 2. The van der Waals surface area contributed by atoms with Crippen LogP contribution in [-0.2, 0) is 0 Å². The first-order valence-electron chi connectivity index (χ1n) is 6.10. The van der Waals surface area contributed by atoms with Crippen molar-refractivity contribution in [2.24, 2.45) is 0 Å². The van der Waals surface area contributed by atoms with E-state index in [1.807, 2.05) is 0 Å². The number of carbonyl (C=O) groups is 2. The summed E-state index contributed by atoms with van der Waals surface area (Å²) < 4.78 is 0. The minimum absolute atomic E-state index is 0.226. The zero-order chi connectivity index (χ0) is 15.4. The van der Waals surface area contributed by atoms with Gasteiger partial charge in [0.15, 0.2) is 0 Å². The number of halogens is 2. The highest BCUT2D eigenvalue weighted by atomic mass is 35.5. The molecule has 0 atom stereocenters. The Hall–Kier alpha value is -2.04. The largest absolute Gasteiger partial charge is 0.355 e. The lowest BCUT2D eigenvalue weighted by Crippen LogP contribution is -2.18. The summed E-state index contributed by atoms with van der Waals surface area (Å²) in [6, 6.07) is 11.2. The van der Waals surface area contributed by atoms with E-state index in [4.69, 9.17) is 23.2 Å². The van der Waals surface area contributed by atoms with Gasteiger partial charge in [-0.25, -0.2) is 0 Å². The van der Waals surface area contributed by atoms with E-state index in [0.717, 1.165) is 0 Å². The van der Waals surface area contributed by atoms with E-state index in [2.05, 4.69) is 10.6 Å². The molecular weight excluding hydrogens is 311 g/mol. The number of hydrogen-bond donors (Lipinski definition) is 2. The molecule has 0 radical (unpaired) electrons. The zero-order valence-corrected chi connectivity index (χ0v) is 12.6. The van der Waals surface area contributed by atoms with Crippen molar-refractivity contribution in [1.29, 1.82) is 0 Å². The average Bonchev–Trinajstić information content (AvgIpc) is 2.46. The fourth-order valence-corrected chi connectivity index (χ4v) is 2.25. The minimum atomic E-state index is -0.370. The van der Waals surface area contributed by atoms with Gasteiger partial charge in [0.25, 0.3) is 11.8 Å². The summed E-state index contributed by atoms with van der Waals surface area (Å²) >= 11 is 11.8. The first-order chi connectivity index (χ1) is 10.0. The molecule has 6 heteroatoms. The Morgan fingerprint density at radius 1 is 1.00 bits per heavy atom. The van der Waals surface area contributed by atoms with Crippen LogP contribution < -0.4 is 10.6 Å². The summed E-state index contributed by atoms with van der Waals surface area (Å²) in [5.74, 6) is -0.596. The Morgan fingerprint density at radius 3 is 2.43 bits per heavy atom. The molecule has 21 heavy (non-hydrogen) atoms. The van der Waals surface area contributed by atoms with Crippen molar-refractivity contribution in [3.63, 3.8) is 0 Å². The van der Waals surface area contributed by atoms with Gasteiger partial charge in [0.2, 0.25) is 0 Å². The van der Waals surface area contributed by atoms with Crippen LogP contribution in [0.3, 0.4) is 0 Å². The molecule has 2 N–H and O–H groups in total. The molecule has 2 aromatic carbocycles. The van der Waals surface area contributed by atoms with Gasteiger partial charge in [0.1, 0.15) is 0 Å². The molecule has 0 bridgehead atoms. The Kier molecular flexibility index (Phi) is 4.83. The number of benzene rings is 2. The molecule has 2 aromatic rings. The molecule has 0 aromatic heterocycles. The highest BCUT2D eigenvalue weighted by Gasteiger charge is 2.12. The number of anilines is 1. The van der Waals surface area contributed by atoms with Crippen molar-refractivity contribution in [3.8, 4) is 0 Å². The van der Waals surface area contributed by atoms with E-state index in [1.54, 1.807) is 43.4 Å². The van der Waals surface area contributed by atoms with E-state index >= 15 is 0 Å². The lowest BCUT2D eigenvalue weighted by atomic mass is 10.1. The van der Waals surface area contributed by atoms with Crippen molar-refractivity contribution in [2.75, 3.05) is 12.4 Å². The molecule has 2 rings (SSSR count). The monoisotopic (exact) mass is 322 g/mol. The second kappa shape index (κ2) is 6.61. The Labute approximate surface area is 132 Å². The molecule has 4 nitrogen and oxygen atoms in total. The molecule has 2 amide bonds. The van der Waals surface area contributed by atoms with Crippen molar-refractivity contribution in [2.45, 2.75) is 0 Å². The maximum absolute atomic E-state index is 12.2. The lowest BCUT2D eigenvalue weighted by Gasteiger charge is -2.08. The van der Waals surface area contributed by atoms with Crippen molar-refractivity contribution in [1.82, 2.24) is 5.32 Å². The predicted molar refractivity (Wildman–Crippen MR) is 84.2 cm³/mol. The van der Waals surface area contributed by atoms with Crippen LogP contribution in [0.25, 0.3) is 0 Å². The molecule has 0 aliphatic rings. The summed E-state index contributed by atoms with van der Waals surface area (Å²) in [5, 5.41) is 5.94. The van der Waals surface area contributed by atoms with Gasteiger partial charge < -0.3 is 10.6 Å². The molecule has 0 fully saturated rings. The Bertz CT molecular complexity index is 702. The summed E-state index contributed by atoms with van der Waals surface area (Å²) in [4.78, 5) is 23.7. The minimum Gasteiger partial charge on any atom is -0.355 e. The summed E-state index contributed by atoms with van der Waals surface area (Å²) in [6.45, 7) is 0. The fourth-order valence-electron chi connectivity index (χ4n) is 1.75. The summed E-state index contributed by atoms with van der Waals surface area (Å²) in [6.07, 6.45) is 0. The van der Waals surface area contributed by atoms with E-state index in [-0.39, 0.29) is 16.8 Å². The van der Waals surface area contributed by atoms with Crippen LogP contribution in [0.1, 0.15) is 20.7 Å². The quantitative estimate of drug-likeness (QED) is 0.907. The van der Waals surface area contributed by atoms with Gasteiger partial charge in [0.05, 0.1) is 10.6 Å². The SMILES string of the molecule is CNC(=O)c1cccc(NC(=O)c2ccc(Cl)cc2Cl)c1. The highest BCUT2D eigenvalue weighted by Crippen LogP contribution is 2.22. The van der Waals surface area contributed by atoms with Crippen LogP contribution in [-0.4, -0.2) is 18.9 Å². The highest BCUT2D eigenvalue weighted by molar-refractivity contribution is 6.37. The Morgan fingerprint density at radius 2 is 1.76 bits per heavy atom. The maximum atomic E-state index is 12.2. The molecule has 108 valence electrons. The molecule has 0 saturated carbocycles. The summed E-state index contributed by atoms with van der Waals surface area (Å²) in [5.41, 5.74) is 1.27. The van der Waals surface area contributed by atoms with Gasteiger partial charge in [-0.05, 0) is 36.4 Å². The predicted octanol–water partition coefficient (Wildman–Crippen LogP) is 3.61. The number of nitrogens with one attached hydrogen (secondary N) is 2.